The molecule has 21 heavy (non-hydrogen) atoms. The van der Waals surface area contributed by atoms with Gasteiger partial charge in [-0.25, -0.2) is 4.98 Å². The van der Waals surface area contributed by atoms with Crippen LogP contribution in [-0.2, 0) is 16.5 Å². The fourth-order valence-corrected chi connectivity index (χ4v) is 1.86. The molecule has 8 heteroatoms. The van der Waals surface area contributed by atoms with Crippen molar-refractivity contribution >= 4 is 5.91 Å². The zero-order chi connectivity index (χ0) is 15.8. The highest BCUT2D eigenvalue weighted by atomic mass is 19.4. The minimum atomic E-state index is -4.59. The van der Waals surface area contributed by atoms with Crippen LogP contribution in [0.15, 0.2) is 30.9 Å². The van der Waals surface area contributed by atoms with E-state index in [2.05, 4.69) is 9.97 Å². The van der Waals surface area contributed by atoms with Crippen LogP contribution in [0, 0.1) is 6.92 Å². The summed E-state index contributed by atoms with van der Waals surface area (Å²) in [5.74, 6) is -0.829. The average molecular weight is 298 g/mol. The molecule has 0 aromatic carbocycles. The number of rotatable bonds is 3. The summed E-state index contributed by atoms with van der Waals surface area (Å²) in [7, 11) is 0. The van der Waals surface area contributed by atoms with Crippen LogP contribution in [-0.4, -0.2) is 20.4 Å². The Morgan fingerprint density at radius 2 is 1.90 bits per heavy atom. The smallest absolute Gasteiger partial charge is 0.367 e. The maximum absolute atomic E-state index is 12.6. The Balaban J connectivity index is 2.55. The zero-order valence-electron chi connectivity index (χ0n) is 11.3. The number of alkyl halides is 3. The Kier molecular flexibility index (Phi) is 3.48. The van der Waals surface area contributed by atoms with Crippen LogP contribution in [0.25, 0.3) is 0 Å². The first-order valence-electron chi connectivity index (χ1n) is 6.00. The summed E-state index contributed by atoms with van der Waals surface area (Å²) in [6.45, 7) is 3.20. The second-order valence-electron chi connectivity index (χ2n) is 4.82. The molecule has 2 N–H and O–H groups in total. The molecule has 0 saturated carbocycles. The zero-order valence-corrected chi connectivity index (χ0v) is 11.3. The lowest BCUT2D eigenvalue weighted by Gasteiger charge is -2.27. The highest BCUT2D eigenvalue weighted by Crippen LogP contribution is 2.31. The van der Waals surface area contributed by atoms with E-state index in [0.29, 0.717) is 0 Å². The largest absolute Gasteiger partial charge is 0.434 e. The van der Waals surface area contributed by atoms with Gasteiger partial charge in [0.25, 0.3) is 0 Å². The van der Waals surface area contributed by atoms with E-state index in [1.165, 1.54) is 13.1 Å². The number of carbonyl (C=O) groups excluding carboxylic acids is 1. The predicted molar refractivity (Wildman–Crippen MR) is 68.1 cm³/mol. The van der Waals surface area contributed by atoms with Crippen molar-refractivity contribution < 1.29 is 18.0 Å². The van der Waals surface area contributed by atoms with Crippen LogP contribution in [0.4, 0.5) is 13.2 Å². The molecule has 2 rings (SSSR count). The molecule has 1 amide bonds. The number of hydrogen-bond donors (Lipinski definition) is 1. The number of halogens is 3. The van der Waals surface area contributed by atoms with Crippen LogP contribution in [0.2, 0.25) is 0 Å². The van der Waals surface area contributed by atoms with E-state index in [1.54, 1.807) is 19.1 Å². The SMILES string of the molecule is Cc1ccc(C(C)(C(N)=O)n2cnc(C(F)(F)F)c2)nc1. The molecule has 1 unspecified atom stereocenters. The molecule has 0 aliphatic heterocycles. The van der Waals surface area contributed by atoms with Crippen molar-refractivity contribution in [1.29, 1.82) is 0 Å². The molecule has 5 nitrogen and oxygen atoms in total. The number of aromatic nitrogens is 3. The number of carbonyl (C=O) groups is 1. The van der Waals surface area contributed by atoms with E-state index < -0.39 is 23.3 Å². The Labute approximate surface area is 118 Å². The fraction of sp³-hybridized carbons (Fsp3) is 0.308. The van der Waals surface area contributed by atoms with Gasteiger partial charge >= 0.3 is 6.18 Å². The molecule has 0 aliphatic carbocycles. The molecular formula is C13H13F3N4O. The number of amides is 1. The van der Waals surface area contributed by atoms with Gasteiger partial charge in [0.15, 0.2) is 11.2 Å². The monoisotopic (exact) mass is 298 g/mol. The summed E-state index contributed by atoms with van der Waals surface area (Å²) >= 11 is 0. The minimum Gasteiger partial charge on any atom is -0.367 e. The molecule has 0 radical (unpaired) electrons. The normalized spacial score (nSPS) is 14.7. The average Bonchev–Trinajstić information content (AvgIpc) is 2.88. The van der Waals surface area contributed by atoms with Gasteiger partial charge in [0, 0.05) is 12.4 Å². The van der Waals surface area contributed by atoms with Crippen LogP contribution in [0.1, 0.15) is 23.9 Å². The molecule has 0 aliphatic rings. The van der Waals surface area contributed by atoms with Gasteiger partial charge in [-0.2, -0.15) is 13.2 Å². The topological polar surface area (TPSA) is 73.8 Å². The third-order valence-corrected chi connectivity index (χ3v) is 3.28. The molecule has 2 heterocycles. The number of pyridine rings is 1. The Hall–Kier alpha value is -2.38. The minimum absolute atomic E-state index is 0.242. The van der Waals surface area contributed by atoms with Gasteiger partial charge in [-0.1, -0.05) is 6.07 Å². The number of imidazole rings is 1. The van der Waals surface area contributed by atoms with Crippen LogP contribution in [0.3, 0.4) is 0 Å². The molecule has 112 valence electrons. The Morgan fingerprint density at radius 1 is 1.24 bits per heavy atom. The van der Waals surface area contributed by atoms with Gasteiger partial charge in [0.1, 0.15) is 0 Å². The summed E-state index contributed by atoms with van der Waals surface area (Å²) < 4.78 is 38.9. The standard InChI is InChI=1S/C13H13F3N4O/c1-8-3-4-9(18-5-8)12(2,11(17)21)20-6-10(19-7-20)13(14,15)16/h3-7H,1-2H3,(H2,17,21). The second-order valence-corrected chi connectivity index (χ2v) is 4.82. The first kappa shape index (κ1) is 15.0. The molecule has 0 spiro atoms. The van der Waals surface area contributed by atoms with Crippen molar-refractivity contribution in [2.24, 2.45) is 5.73 Å². The quantitative estimate of drug-likeness (QED) is 0.939. The van der Waals surface area contributed by atoms with Gasteiger partial charge < -0.3 is 10.3 Å². The lowest BCUT2D eigenvalue weighted by molar-refractivity contribution is -0.141. The van der Waals surface area contributed by atoms with Crippen molar-refractivity contribution in [2.75, 3.05) is 0 Å². The molecule has 1 atom stereocenters. The van der Waals surface area contributed by atoms with Gasteiger partial charge in [0.05, 0.1) is 12.0 Å². The van der Waals surface area contributed by atoms with Gasteiger partial charge in [0.2, 0.25) is 5.91 Å². The van der Waals surface area contributed by atoms with E-state index in [9.17, 15) is 18.0 Å². The summed E-state index contributed by atoms with van der Waals surface area (Å²) in [4.78, 5) is 19.2. The maximum atomic E-state index is 12.6. The molecule has 2 aromatic heterocycles. The van der Waals surface area contributed by atoms with Crippen LogP contribution >= 0.6 is 0 Å². The van der Waals surface area contributed by atoms with Crippen molar-refractivity contribution in [1.82, 2.24) is 14.5 Å². The van der Waals surface area contributed by atoms with E-state index in [1.807, 2.05) is 0 Å². The van der Waals surface area contributed by atoms with Gasteiger partial charge in [-0.05, 0) is 25.5 Å². The molecular weight excluding hydrogens is 285 g/mol. The van der Waals surface area contributed by atoms with E-state index in [-0.39, 0.29) is 5.69 Å². The number of aryl methyl sites for hydroxylation is 1. The van der Waals surface area contributed by atoms with Crippen LogP contribution in [0.5, 0.6) is 0 Å². The Bertz CT molecular complexity index is 663. The molecule has 0 fully saturated rings. The van der Waals surface area contributed by atoms with Crippen molar-refractivity contribution in [3.8, 4) is 0 Å². The van der Waals surface area contributed by atoms with Gasteiger partial charge in [-0.15, -0.1) is 0 Å². The number of hydrogen-bond acceptors (Lipinski definition) is 3. The number of primary amides is 1. The third kappa shape index (κ3) is 2.61. The lowest BCUT2D eigenvalue weighted by Crippen LogP contribution is -2.45. The van der Waals surface area contributed by atoms with E-state index in [4.69, 9.17) is 5.73 Å². The first-order valence-corrected chi connectivity index (χ1v) is 6.00. The highest BCUT2D eigenvalue weighted by molar-refractivity contribution is 5.85. The van der Waals surface area contributed by atoms with E-state index in [0.717, 1.165) is 22.7 Å². The van der Waals surface area contributed by atoms with Crippen molar-refractivity contribution in [3.63, 3.8) is 0 Å². The summed E-state index contributed by atoms with van der Waals surface area (Å²) in [6.07, 6.45) is -1.41. The Morgan fingerprint density at radius 3 is 2.33 bits per heavy atom. The fourth-order valence-electron chi connectivity index (χ4n) is 1.86. The molecule has 2 aromatic rings. The lowest BCUT2D eigenvalue weighted by atomic mass is 9.95. The summed E-state index contributed by atoms with van der Waals surface area (Å²) in [5.41, 5.74) is 3.83. The van der Waals surface area contributed by atoms with Crippen LogP contribution < -0.4 is 5.73 Å². The molecule has 0 bridgehead atoms. The maximum Gasteiger partial charge on any atom is 0.434 e. The summed E-state index contributed by atoms with van der Waals surface area (Å²) in [6, 6.07) is 3.25. The van der Waals surface area contributed by atoms with Crippen molar-refractivity contribution in [2.45, 2.75) is 25.6 Å². The number of nitrogens with two attached hydrogens (primary N) is 1. The second kappa shape index (κ2) is 4.87. The third-order valence-electron chi connectivity index (χ3n) is 3.28. The predicted octanol–water partition coefficient (Wildman–Crippen LogP) is 1.85. The molecule has 0 saturated heterocycles. The summed E-state index contributed by atoms with van der Waals surface area (Å²) in [5, 5.41) is 0. The van der Waals surface area contributed by atoms with Gasteiger partial charge in [-0.3, -0.25) is 9.78 Å². The number of nitrogens with zero attached hydrogens (tertiary/aromatic N) is 3. The van der Waals surface area contributed by atoms with Crippen molar-refractivity contribution in [3.05, 3.63) is 47.8 Å². The first-order chi connectivity index (χ1) is 9.65. The highest BCUT2D eigenvalue weighted by Gasteiger charge is 2.40. The van der Waals surface area contributed by atoms with E-state index >= 15 is 0 Å².